The molecule has 0 aliphatic carbocycles. The first-order valence-corrected chi connectivity index (χ1v) is 6.01. The summed E-state index contributed by atoms with van der Waals surface area (Å²) in [4.78, 5) is 11.5. The lowest BCUT2D eigenvalue weighted by Crippen LogP contribution is -2.21. The van der Waals surface area contributed by atoms with Gasteiger partial charge in [0.1, 0.15) is 6.61 Å². The van der Waals surface area contributed by atoms with Gasteiger partial charge in [0.25, 0.3) is 0 Å². The highest BCUT2D eigenvalue weighted by molar-refractivity contribution is 5.85. The Kier molecular flexibility index (Phi) is 11.7. The zero-order chi connectivity index (χ0) is 12.6. The van der Waals surface area contributed by atoms with Gasteiger partial charge in [-0.05, 0) is 36.8 Å². The zero-order valence-electron chi connectivity index (χ0n) is 11.2. The number of nitrogens with two attached hydrogens (primary N) is 1. The van der Waals surface area contributed by atoms with Crippen molar-refractivity contribution in [3.8, 4) is 0 Å². The lowest BCUT2D eigenvalue weighted by Gasteiger charge is -2.16. The molecule has 17 heavy (non-hydrogen) atoms. The van der Waals surface area contributed by atoms with Gasteiger partial charge in [-0.3, -0.25) is 4.79 Å². The fourth-order valence-electron chi connectivity index (χ4n) is 1.51. The monoisotopic (exact) mass is 263 g/mol. The van der Waals surface area contributed by atoms with E-state index in [1.807, 2.05) is 6.92 Å². The molecule has 102 valence electrons. The molecule has 0 heterocycles. The predicted octanol–water partition coefficient (Wildman–Crippen LogP) is 2.93. The Labute approximate surface area is 111 Å². The normalized spacial score (nSPS) is 11.8. The van der Waals surface area contributed by atoms with E-state index in [0.717, 1.165) is 18.4 Å². The molecule has 0 aliphatic heterocycles. The smallest absolute Gasteiger partial charge is 0.306 e. The first kappa shape index (κ1) is 18.8. The van der Waals surface area contributed by atoms with Crippen LogP contribution in [0.4, 0.5) is 0 Å². The molecule has 0 aromatic heterocycles. The maximum Gasteiger partial charge on any atom is 0.306 e. The van der Waals surface area contributed by atoms with Crippen molar-refractivity contribution >= 4 is 18.4 Å². The summed E-state index contributed by atoms with van der Waals surface area (Å²) in [7, 11) is 0. The Morgan fingerprint density at radius 1 is 1.41 bits per heavy atom. The molecule has 2 N–H and O–H groups in total. The molecule has 0 rings (SSSR count). The Balaban J connectivity index is 0. The Morgan fingerprint density at radius 3 is 2.41 bits per heavy atom. The Hall–Kier alpha value is -0.540. The summed E-state index contributed by atoms with van der Waals surface area (Å²) in [5, 5.41) is 0. The van der Waals surface area contributed by atoms with Crippen LogP contribution in [0.2, 0.25) is 0 Å². The molecule has 0 aromatic carbocycles. The van der Waals surface area contributed by atoms with Crippen LogP contribution in [0.25, 0.3) is 0 Å². The largest absolute Gasteiger partial charge is 0.461 e. The second kappa shape index (κ2) is 10.6. The van der Waals surface area contributed by atoms with Crippen LogP contribution in [0.3, 0.4) is 0 Å². The van der Waals surface area contributed by atoms with E-state index < -0.39 is 0 Å². The third-order valence-corrected chi connectivity index (χ3v) is 2.53. The van der Waals surface area contributed by atoms with Gasteiger partial charge in [-0.1, -0.05) is 27.4 Å². The highest BCUT2D eigenvalue weighted by Crippen LogP contribution is 2.15. The van der Waals surface area contributed by atoms with Crippen molar-refractivity contribution in [1.29, 1.82) is 0 Å². The molecular formula is C13H26ClNO2. The number of ether oxygens (including phenoxy) is 1. The fourth-order valence-corrected chi connectivity index (χ4v) is 1.51. The summed E-state index contributed by atoms with van der Waals surface area (Å²) in [6.45, 7) is 10.9. The van der Waals surface area contributed by atoms with Gasteiger partial charge in [0.2, 0.25) is 0 Å². The third-order valence-electron chi connectivity index (χ3n) is 2.53. The third kappa shape index (κ3) is 10.3. The second-order valence-electron chi connectivity index (χ2n) is 4.70. The maximum absolute atomic E-state index is 11.5. The van der Waals surface area contributed by atoms with Crippen LogP contribution in [-0.4, -0.2) is 19.1 Å². The van der Waals surface area contributed by atoms with Gasteiger partial charge in [-0.2, -0.15) is 0 Å². The lowest BCUT2D eigenvalue weighted by molar-refractivity contribution is -0.143. The van der Waals surface area contributed by atoms with E-state index in [9.17, 15) is 4.79 Å². The van der Waals surface area contributed by atoms with E-state index in [1.54, 1.807) is 0 Å². The summed E-state index contributed by atoms with van der Waals surface area (Å²) < 4.78 is 5.11. The van der Waals surface area contributed by atoms with Crippen LogP contribution in [0, 0.1) is 11.8 Å². The Bertz CT molecular complexity index is 229. The van der Waals surface area contributed by atoms with Crippen molar-refractivity contribution in [2.24, 2.45) is 17.6 Å². The summed E-state index contributed by atoms with van der Waals surface area (Å²) in [6, 6.07) is 0. The minimum absolute atomic E-state index is 0. The molecule has 0 saturated carbocycles. The molecule has 0 spiro atoms. The van der Waals surface area contributed by atoms with Crippen LogP contribution < -0.4 is 5.73 Å². The van der Waals surface area contributed by atoms with Crippen molar-refractivity contribution in [2.45, 2.75) is 40.0 Å². The average molecular weight is 264 g/mol. The Morgan fingerprint density at radius 2 is 2.00 bits per heavy atom. The van der Waals surface area contributed by atoms with E-state index in [-0.39, 0.29) is 24.3 Å². The van der Waals surface area contributed by atoms with Crippen LogP contribution in [0.15, 0.2) is 12.2 Å². The molecule has 0 bridgehead atoms. The number of hydrogen-bond donors (Lipinski definition) is 1. The van der Waals surface area contributed by atoms with Crippen molar-refractivity contribution in [1.82, 2.24) is 0 Å². The molecule has 0 aliphatic rings. The molecule has 0 aromatic rings. The van der Waals surface area contributed by atoms with Gasteiger partial charge in [-0.15, -0.1) is 12.4 Å². The summed E-state index contributed by atoms with van der Waals surface area (Å²) >= 11 is 0. The van der Waals surface area contributed by atoms with Gasteiger partial charge >= 0.3 is 5.97 Å². The molecule has 0 radical (unpaired) electrons. The number of carbonyl (C=O) groups excluding carboxylic acids is 1. The van der Waals surface area contributed by atoms with Gasteiger partial charge in [0.05, 0.1) is 0 Å². The number of carbonyl (C=O) groups is 1. The van der Waals surface area contributed by atoms with E-state index in [4.69, 9.17) is 10.5 Å². The van der Waals surface area contributed by atoms with Gasteiger partial charge in [0, 0.05) is 6.42 Å². The summed E-state index contributed by atoms with van der Waals surface area (Å²) in [6.07, 6.45) is 2.24. The van der Waals surface area contributed by atoms with Crippen LogP contribution in [0.5, 0.6) is 0 Å². The molecule has 0 saturated heterocycles. The van der Waals surface area contributed by atoms with Crippen LogP contribution in [0.1, 0.15) is 40.0 Å². The van der Waals surface area contributed by atoms with E-state index in [2.05, 4.69) is 20.4 Å². The van der Waals surface area contributed by atoms with E-state index in [1.165, 1.54) is 0 Å². The minimum Gasteiger partial charge on any atom is -0.461 e. The summed E-state index contributed by atoms with van der Waals surface area (Å²) in [5.41, 5.74) is 6.57. The highest BCUT2D eigenvalue weighted by Gasteiger charge is 2.15. The molecule has 0 unspecified atom stereocenters. The molecule has 0 fully saturated rings. The van der Waals surface area contributed by atoms with Crippen LogP contribution in [-0.2, 0) is 9.53 Å². The molecule has 3 nitrogen and oxygen atoms in total. The van der Waals surface area contributed by atoms with Crippen molar-refractivity contribution < 1.29 is 9.53 Å². The molecule has 4 heteroatoms. The van der Waals surface area contributed by atoms with Crippen molar-refractivity contribution in [2.75, 3.05) is 13.2 Å². The van der Waals surface area contributed by atoms with Gasteiger partial charge in [-0.25, -0.2) is 0 Å². The average Bonchev–Trinajstić information content (AvgIpc) is 2.24. The van der Waals surface area contributed by atoms with Gasteiger partial charge in [0.15, 0.2) is 0 Å². The molecular weight excluding hydrogens is 238 g/mol. The highest BCUT2D eigenvalue weighted by atomic mass is 35.5. The number of hydrogen-bond acceptors (Lipinski definition) is 3. The van der Waals surface area contributed by atoms with Gasteiger partial charge < -0.3 is 10.5 Å². The number of esters is 1. The fraction of sp³-hybridized carbons (Fsp3) is 0.769. The first-order chi connectivity index (χ1) is 7.49. The van der Waals surface area contributed by atoms with E-state index in [0.29, 0.717) is 25.5 Å². The SMILES string of the molecule is C=C(CC)COC(=O)C[C@@H](CN)CC(C)C.Cl. The van der Waals surface area contributed by atoms with E-state index >= 15 is 0 Å². The zero-order valence-corrected chi connectivity index (χ0v) is 12.0. The minimum atomic E-state index is -0.161. The summed E-state index contributed by atoms with van der Waals surface area (Å²) in [5.74, 6) is 0.639. The quantitative estimate of drug-likeness (QED) is 0.541. The molecule has 1 atom stereocenters. The molecule has 0 amide bonds. The maximum atomic E-state index is 11.5. The van der Waals surface area contributed by atoms with Crippen LogP contribution >= 0.6 is 12.4 Å². The van der Waals surface area contributed by atoms with Crippen molar-refractivity contribution in [3.63, 3.8) is 0 Å². The number of rotatable bonds is 8. The number of halogens is 1. The second-order valence-corrected chi connectivity index (χ2v) is 4.70. The predicted molar refractivity (Wildman–Crippen MR) is 74.3 cm³/mol. The lowest BCUT2D eigenvalue weighted by atomic mass is 9.94. The topological polar surface area (TPSA) is 52.3 Å². The standard InChI is InChI=1S/C13H25NO2.ClH/c1-5-11(4)9-16-13(15)7-12(8-14)6-10(2)3;/h10,12H,4-9,14H2,1-3H3;1H/t12-;/m0./s1. The van der Waals surface area contributed by atoms with Crippen molar-refractivity contribution in [3.05, 3.63) is 12.2 Å². The first-order valence-electron chi connectivity index (χ1n) is 6.01.